The Morgan fingerprint density at radius 3 is 2.52 bits per heavy atom. The molecule has 2 aromatic rings. The average Bonchev–Trinajstić information content (AvgIpc) is 2.51. The van der Waals surface area contributed by atoms with Crippen LogP contribution in [0.1, 0.15) is 5.56 Å². The minimum Gasteiger partial charge on any atom is -0.325 e. The lowest BCUT2D eigenvalue weighted by Gasteiger charge is -2.09. The van der Waals surface area contributed by atoms with Crippen LogP contribution in [0, 0.1) is 15.9 Å². The Kier molecular flexibility index (Phi) is 5.62. The van der Waals surface area contributed by atoms with E-state index >= 15 is 0 Å². The van der Waals surface area contributed by atoms with Crippen molar-refractivity contribution in [1.82, 2.24) is 0 Å². The standard InChI is InChI=1S/C15H10F4N2O3S/c16-10-2-1-3-11(7-10)20-14(22)8-25-13-5-4-9(15(17,18)19)6-12(13)21(23)24/h1-7H,8H2,(H,20,22). The number of hydrogen-bond donors (Lipinski definition) is 1. The van der Waals surface area contributed by atoms with E-state index in [0.717, 1.165) is 12.1 Å². The molecular weight excluding hydrogens is 364 g/mol. The first-order chi connectivity index (χ1) is 11.7. The number of carbonyl (C=O) groups is 1. The number of alkyl halides is 3. The third kappa shape index (κ3) is 5.18. The first-order valence-electron chi connectivity index (χ1n) is 6.70. The van der Waals surface area contributed by atoms with Crippen molar-refractivity contribution in [3.8, 4) is 0 Å². The number of benzene rings is 2. The second kappa shape index (κ2) is 7.51. The van der Waals surface area contributed by atoms with E-state index in [1.165, 1.54) is 18.2 Å². The van der Waals surface area contributed by atoms with Gasteiger partial charge in [0.05, 0.1) is 21.1 Å². The molecule has 1 amide bonds. The minimum atomic E-state index is -4.71. The lowest BCUT2D eigenvalue weighted by atomic mass is 10.2. The van der Waals surface area contributed by atoms with Gasteiger partial charge in [-0.15, -0.1) is 11.8 Å². The Morgan fingerprint density at radius 1 is 1.20 bits per heavy atom. The number of nitrogens with zero attached hydrogens (tertiary/aromatic N) is 1. The van der Waals surface area contributed by atoms with Crippen LogP contribution in [-0.4, -0.2) is 16.6 Å². The highest BCUT2D eigenvalue weighted by atomic mass is 32.2. The number of carbonyl (C=O) groups excluding carboxylic acids is 1. The van der Waals surface area contributed by atoms with Gasteiger partial charge in [-0.1, -0.05) is 6.07 Å². The molecule has 0 saturated heterocycles. The monoisotopic (exact) mass is 374 g/mol. The van der Waals surface area contributed by atoms with Crippen LogP contribution < -0.4 is 5.32 Å². The summed E-state index contributed by atoms with van der Waals surface area (Å²) in [4.78, 5) is 21.7. The number of anilines is 1. The summed E-state index contributed by atoms with van der Waals surface area (Å²) >= 11 is 0.711. The SMILES string of the molecule is O=C(CSc1ccc(C(F)(F)F)cc1[N+](=O)[O-])Nc1cccc(F)c1. The van der Waals surface area contributed by atoms with Crippen LogP contribution in [0.2, 0.25) is 0 Å². The van der Waals surface area contributed by atoms with E-state index in [-0.39, 0.29) is 16.3 Å². The van der Waals surface area contributed by atoms with Crippen LogP contribution in [0.4, 0.5) is 28.9 Å². The maximum atomic E-state index is 13.0. The van der Waals surface area contributed by atoms with Gasteiger partial charge in [0.2, 0.25) is 5.91 Å². The Labute approximate surface area is 143 Å². The highest BCUT2D eigenvalue weighted by molar-refractivity contribution is 8.00. The van der Waals surface area contributed by atoms with Gasteiger partial charge in [-0.2, -0.15) is 13.2 Å². The third-order valence-corrected chi connectivity index (χ3v) is 4.01. The molecule has 0 unspecified atom stereocenters. The van der Waals surface area contributed by atoms with Crippen LogP contribution in [0.15, 0.2) is 47.4 Å². The van der Waals surface area contributed by atoms with Gasteiger partial charge in [0.15, 0.2) is 0 Å². The minimum absolute atomic E-state index is 0.0765. The summed E-state index contributed by atoms with van der Waals surface area (Å²) in [7, 11) is 0. The maximum absolute atomic E-state index is 13.0. The van der Waals surface area contributed by atoms with Crippen molar-refractivity contribution in [2.75, 3.05) is 11.1 Å². The molecule has 0 heterocycles. The van der Waals surface area contributed by atoms with Crippen molar-refractivity contribution < 1.29 is 27.3 Å². The first kappa shape index (κ1) is 18.7. The molecule has 2 aromatic carbocycles. The molecule has 0 saturated carbocycles. The van der Waals surface area contributed by atoms with E-state index in [0.29, 0.717) is 23.9 Å². The predicted molar refractivity (Wildman–Crippen MR) is 83.9 cm³/mol. The number of halogens is 4. The van der Waals surface area contributed by atoms with Crippen molar-refractivity contribution >= 4 is 29.0 Å². The smallest absolute Gasteiger partial charge is 0.325 e. The summed E-state index contributed by atoms with van der Waals surface area (Å²) in [6.45, 7) is 0. The molecule has 5 nitrogen and oxygen atoms in total. The Hall–Kier alpha value is -2.62. The van der Waals surface area contributed by atoms with Crippen LogP contribution in [0.5, 0.6) is 0 Å². The molecule has 10 heteroatoms. The van der Waals surface area contributed by atoms with E-state index in [1.807, 2.05) is 0 Å². The summed E-state index contributed by atoms with van der Waals surface area (Å²) in [6.07, 6.45) is -4.71. The van der Waals surface area contributed by atoms with Crippen LogP contribution >= 0.6 is 11.8 Å². The molecule has 0 spiro atoms. The van der Waals surface area contributed by atoms with Crippen molar-refractivity contribution in [3.05, 3.63) is 64.0 Å². The van der Waals surface area contributed by atoms with Gasteiger partial charge in [0, 0.05) is 11.8 Å². The van der Waals surface area contributed by atoms with E-state index in [1.54, 1.807) is 0 Å². The number of nitro benzene ring substituents is 1. The van der Waals surface area contributed by atoms with Gasteiger partial charge in [0.1, 0.15) is 5.82 Å². The maximum Gasteiger partial charge on any atom is 0.416 e. The molecule has 0 atom stereocenters. The van der Waals surface area contributed by atoms with Crippen LogP contribution in [0.25, 0.3) is 0 Å². The molecule has 132 valence electrons. The lowest BCUT2D eigenvalue weighted by Crippen LogP contribution is -2.14. The van der Waals surface area contributed by atoms with E-state index in [9.17, 15) is 32.5 Å². The molecule has 25 heavy (non-hydrogen) atoms. The zero-order chi connectivity index (χ0) is 18.6. The fourth-order valence-corrected chi connectivity index (χ4v) is 2.67. The Balaban J connectivity index is 2.09. The number of nitrogens with one attached hydrogen (secondary N) is 1. The van der Waals surface area contributed by atoms with Gasteiger partial charge >= 0.3 is 6.18 Å². The summed E-state index contributed by atoms with van der Waals surface area (Å²) in [6, 6.07) is 7.19. The molecule has 0 aromatic heterocycles. The largest absolute Gasteiger partial charge is 0.416 e. The molecule has 0 aliphatic heterocycles. The van der Waals surface area contributed by atoms with Gasteiger partial charge in [-0.05, 0) is 30.3 Å². The summed E-state index contributed by atoms with van der Waals surface area (Å²) < 4.78 is 50.9. The molecule has 0 fully saturated rings. The molecular formula is C15H10F4N2O3S. The first-order valence-corrected chi connectivity index (χ1v) is 7.69. The van der Waals surface area contributed by atoms with Crippen LogP contribution in [-0.2, 0) is 11.0 Å². The zero-order valence-corrected chi connectivity index (χ0v) is 13.2. The normalized spacial score (nSPS) is 11.2. The third-order valence-electron chi connectivity index (χ3n) is 2.95. The molecule has 0 aliphatic rings. The second-order valence-electron chi connectivity index (χ2n) is 4.78. The fraction of sp³-hybridized carbons (Fsp3) is 0.133. The number of hydrogen-bond acceptors (Lipinski definition) is 4. The van der Waals surface area contributed by atoms with Crippen LogP contribution in [0.3, 0.4) is 0 Å². The van der Waals surface area contributed by atoms with Gasteiger partial charge in [-0.3, -0.25) is 14.9 Å². The molecule has 2 rings (SSSR count). The lowest BCUT2D eigenvalue weighted by molar-refractivity contribution is -0.388. The molecule has 1 N–H and O–H groups in total. The van der Waals surface area contributed by atoms with E-state index in [4.69, 9.17) is 0 Å². The number of thioether (sulfide) groups is 1. The molecule has 0 radical (unpaired) electrons. The van der Waals surface area contributed by atoms with Gasteiger partial charge in [0.25, 0.3) is 5.69 Å². The predicted octanol–water partition coefficient (Wildman–Crippen LogP) is 4.48. The topological polar surface area (TPSA) is 72.2 Å². The summed E-state index contributed by atoms with van der Waals surface area (Å²) in [5.74, 6) is -1.42. The summed E-state index contributed by atoms with van der Waals surface area (Å²) in [5.41, 5.74) is -1.68. The number of nitro groups is 1. The van der Waals surface area contributed by atoms with Gasteiger partial charge in [-0.25, -0.2) is 4.39 Å². The quantitative estimate of drug-likeness (QED) is 0.362. The molecule has 0 bridgehead atoms. The Morgan fingerprint density at radius 2 is 1.92 bits per heavy atom. The fourth-order valence-electron chi connectivity index (χ4n) is 1.87. The summed E-state index contributed by atoms with van der Waals surface area (Å²) in [5, 5.41) is 13.3. The van der Waals surface area contributed by atoms with Crippen molar-refractivity contribution in [2.45, 2.75) is 11.1 Å². The average molecular weight is 374 g/mol. The number of rotatable bonds is 5. The van der Waals surface area contributed by atoms with E-state index in [2.05, 4.69) is 5.32 Å². The van der Waals surface area contributed by atoms with Crippen molar-refractivity contribution in [3.63, 3.8) is 0 Å². The Bertz CT molecular complexity index is 812. The van der Waals surface area contributed by atoms with E-state index < -0.39 is 34.1 Å². The van der Waals surface area contributed by atoms with Crippen molar-refractivity contribution in [2.24, 2.45) is 0 Å². The number of amides is 1. The zero-order valence-electron chi connectivity index (χ0n) is 12.3. The molecule has 0 aliphatic carbocycles. The second-order valence-corrected chi connectivity index (χ2v) is 5.80. The highest BCUT2D eigenvalue weighted by Gasteiger charge is 2.33. The van der Waals surface area contributed by atoms with Gasteiger partial charge < -0.3 is 5.32 Å². The van der Waals surface area contributed by atoms with Crippen molar-refractivity contribution in [1.29, 1.82) is 0 Å². The highest BCUT2D eigenvalue weighted by Crippen LogP contribution is 2.36.